The second kappa shape index (κ2) is 12.9. The van der Waals surface area contributed by atoms with Crippen LogP contribution in [0.5, 0.6) is 0 Å². The lowest BCUT2D eigenvalue weighted by Crippen LogP contribution is -2.26. The van der Waals surface area contributed by atoms with E-state index in [-0.39, 0.29) is 5.92 Å². The fourth-order valence-corrected chi connectivity index (χ4v) is 9.19. The molecule has 2 aliphatic carbocycles. The third kappa shape index (κ3) is 5.13. The molecule has 250 valence electrons. The Kier molecular flexibility index (Phi) is 7.62. The smallest absolute Gasteiger partial charge is 0.0622 e. The molecule has 53 heavy (non-hydrogen) atoms. The number of hydrogen-bond acceptors (Lipinski definition) is 0. The first-order chi connectivity index (χ1) is 26.3. The van der Waals surface area contributed by atoms with Crippen molar-refractivity contribution in [3.05, 3.63) is 262 Å². The molecule has 0 heteroatoms. The fourth-order valence-electron chi connectivity index (χ4n) is 9.19. The summed E-state index contributed by atoms with van der Waals surface area (Å²) in [6.45, 7) is 0. The Hall–Kier alpha value is -6.50. The molecular formula is C53H38. The lowest BCUT2D eigenvalue weighted by atomic mass is 9.70. The summed E-state index contributed by atoms with van der Waals surface area (Å²) >= 11 is 0. The van der Waals surface area contributed by atoms with Crippen molar-refractivity contribution in [2.75, 3.05) is 0 Å². The van der Waals surface area contributed by atoms with Gasteiger partial charge in [0, 0.05) is 5.92 Å². The van der Waals surface area contributed by atoms with Crippen LogP contribution in [0.25, 0.3) is 33.9 Å². The Labute approximate surface area is 312 Å². The molecule has 8 aromatic carbocycles. The average molecular weight is 675 g/mol. The number of rotatable bonds is 7. The van der Waals surface area contributed by atoms with Gasteiger partial charge in [0.25, 0.3) is 0 Å². The monoisotopic (exact) mass is 674 g/mol. The summed E-state index contributed by atoms with van der Waals surface area (Å²) in [5.74, 6) is 0.254. The molecule has 0 N–H and O–H groups in total. The zero-order valence-electron chi connectivity index (χ0n) is 29.5. The van der Waals surface area contributed by atoms with Crippen LogP contribution < -0.4 is 0 Å². The van der Waals surface area contributed by atoms with Crippen molar-refractivity contribution in [1.29, 1.82) is 0 Å². The molecule has 1 spiro atoms. The maximum Gasteiger partial charge on any atom is 0.0725 e. The molecule has 0 amide bonds. The second-order valence-electron chi connectivity index (χ2n) is 14.4. The van der Waals surface area contributed by atoms with Gasteiger partial charge in [-0.25, -0.2) is 0 Å². The highest BCUT2D eigenvalue weighted by Gasteiger charge is 2.51. The van der Waals surface area contributed by atoms with Crippen LogP contribution in [0.2, 0.25) is 0 Å². The van der Waals surface area contributed by atoms with E-state index >= 15 is 0 Å². The van der Waals surface area contributed by atoms with Crippen molar-refractivity contribution in [1.82, 2.24) is 0 Å². The highest BCUT2D eigenvalue weighted by molar-refractivity contribution is 5.97. The molecule has 0 aliphatic heterocycles. The molecule has 8 aromatic rings. The van der Waals surface area contributed by atoms with Crippen LogP contribution in [0.4, 0.5) is 0 Å². The van der Waals surface area contributed by atoms with Gasteiger partial charge in [0.05, 0.1) is 5.41 Å². The van der Waals surface area contributed by atoms with Crippen LogP contribution in [0.3, 0.4) is 0 Å². The van der Waals surface area contributed by atoms with Gasteiger partial charge >= 0.3 is 0 Å². The topological polar surface area (TPSA) is 0 Å². The summed E-state index contributed by atoms with van der Waals surface area (Å²) in [5.41, 5.74) is 19.3. The minimum absolute atomic E-state index is 0.254. The Morgan fingerprint density at radius 2 is 0.830 bits per heavy atom. The minimum atomic E-state index is -0.424. The molecule has 10 rings (SSSR count). The Morgan fingerprint density at radius 3 is 1.38 bits per heavy atom. The molecule has 2 aliphatic rings. The third-order valence-electron chi connectivity index (χ3n) is 11.5. The predicted octanol–water partition coefficient (Wildman–Crippen LogP) is 13.0. The SMILES string of the molecule is C(=C(c1ccccc1)c1ccccc1)c1ccc2c(c1)C1(c3ccccc3-c3ccccc31)c1cc(CC(c3ccccc3)c3ccccc3)ccc1-2. The standard InChI is InChI=1S/C53H38/c1-5-17-39(18-6-1)47(40-19-7-2-8-20-40)33-37-29-31-45-46-32-30-38(34-48(41-21-9-3-10-22-41)42-23-11-4-12-24-42)36-52(46)53(51(45)35-37)49-27-15-13-25-43(49)44-26-14-16-28-50(44)53/h1-33,35-36,48H,34H2. The molecular weight excluding hydrogens is 637 g/mol. The number of hydrogen-bond donors (Lipinski definition) is 0. The summed E-state index contributed by atoms with van der Waals surface area (Å²) in [5, 5.41) is 0. The number of benzene rings is 8. The van der Waals surface area contributed by atoms with Crippen LogP contribution in [-0.4, -0.2) is 0 Å². The highest BCUT2D eigenvalue weighted by atomic mass is 14.5. The van der Waals surface area contributed by atoms with Crippen LogP contribution in [-0.2, 0) is 11.8 Å². The largest absolute Gasteiger partial charge is 0.0725 e. The van der Waals surface area contributed by atoms with Crippen molar-refractivity contribution in [2.45, 2.75) is 17.8 Å². The first-order valence-corrected chi connectivity index (χ1v) is 18.7. The summed E-state index contributed by atoms with van der Waals surface area (Å²) in [6, 6.07) is 76.3. The molecule has 0 nitrogen and oxygen atoms in total. The average Bonchev–Trinajstić information content (AvgIpc) is 3.70. The van der Waals surface area contributed by atoms with E-state index in [1.54, 1.807) is 0 Å². The van der Waals surface area contributed by atoms with Gasteiger partial charge in [0.2, 0.25) is 0 Å². The fraction of sp³-hybridized carbons (Fsp3) is 0.0566. The molecule has 0 radical (unpaired) electrons. The summed E-state index contributed by atoms with van der Waals surface area (Å²) in [4.78, 5) is 0. The predicted molar refractivity (Wildman–Crippen MR) is 221 cm³/mol. The van der Waals surface area contributed by atoms with E-state index in [9.17, 15) is 0 Å². The van der Waals surface area contributed by atoms with E-state index in [0.29, 0.717) is 0 Å². The van der Waals surface area contributed by atoms with E-state index in [1.165, 1.54) is 83.5 Å². The van der Waals surface area contributed by atoms with Gasteiger partial charge in [0.15, 0.2) is 0 Å². The van der Waals surface area contributed by atoms with Crippen molar-refractivity contribution in [2.24, 2.45) is 0 Å². The third-order valence-corrected chi connectivity index (χ3v) is 11.5. The van der Waals surface area contributed by atoms with Crippen LogP contribution in [0, 0.1) is 0 Å². The van der Waals surface area contributed by atoms with Crippen LogP contribution in [0.15, 0.2) is 206 Å². The first kappa shape index (κ1) is 31.3. The first-order valence-electron chi connectivity index (χ1n) is 18.7. The lowest BCUT2D eigenvalue weighted by Gasteiger charge is -2.31. The summed E-state index contributed by atoms with van der Waals surface area (Å²) in [7, 11) is 0. The molecule has 0 bridgehead atoms. The summed E-state index contributed by atoms with van der Waals surface area (Å²) in [6.07, 6.45) is 3.30. The molecule has 0 aromatic heterocycles. The van der Waals surface area contributed by atoms with E-state index in [1.807, 2.05) is 0 Å². The zero-order chi connectivity index (χ0) is 35.2. The molecule has 0 saturated carbocycles. The van der Waals surface area contributed by atoms with Gasteiger partial charge in [-0.3, -0.25) is 0 Å². The van der Waals surface area contributed by atoms with Gasteiger partial charge in [-0.05, 0) is 102 Å². The van der Waals surface area contributed by atoms with E-state index in [2.05, 4.69) is 212 Å². The molecule has 0 atom stereocenters. The quantitative estimate of drug-likeness (QED) is 0.148. The van der Waals surface area contributed by atoms with Gasteiger partial charge in [0.1, 0.15) is 0 Å². The Morgan fingerprint density at radius 1 is 0.396 bits per heavy atom. The van der Waals surface area contributed by atoms with Crippen molar-refractivity contribution in [3.8, 4) is 22.3 Å². The lowest BCUT2D eigenvalue weighted by molar-refractivity contribution is 0.777. The Balaban J connectivity index is 1.19. The molecule has 0 heterocycles. The molecule has 0 fully saturated rings. The van der Waals surface area contributed by atoms with E-state index in [4.69, 9.17) is 0 Å². The maximum absolute atomic E-state index is 2.54. The van der Waals surface area contributed by atoms with Gasteiger partial charge < -0.3 is 0 Å². The van der Waals surface area contributed by atoms with Crippen LogP contribution >= 0.6 is 0 Å². The number of fused-ring (bicyclic) bond motifs is 10. The summed E-state index contributed by atoms with van der Waals surface area (Å²) < 4.78 is 0. The van der Waals surface area contributed by atoms with Crippen molar-refractivity contribution >= 4 is 11.6 Å². The van der Waals surface area contributed by atoms with Gasteiger partial charge in [-0.2, -0.15) is 0 Å². The van der Waals surface area contributed by atoms with Crippen molar-refractivity contribution < 1.29 is 0 Å². The Bertz CT molecular complexity index is 2490. The normalized spacial score (nSPS) is 12.9. The highest BCUT2D eigenvalue weighted by Crippen LogP contribution is 2.63. The second-order valence-corrected chi connectivity index (χ2v) is 14.4. The van der Waals surface area contributed by atoms with E-state index in [0.717, 1.165) is 6.42 Å². The van der Waals surface area contributed by atoms with E-state index < -0.39 is 5.41 Å². The zero-order valence-corrected chi connectivity index (χ0v) is 29.5. The maximum atomic E-state index is 2.54. The molecule has 0 saturated heterocycles. The van der Waals surface area contributed by atoms with Crippen molar-refractivity contribution in [3.63, 3.8) is 0 Å². The minimum Gasteiger partial charge on any atom is -0.0622 e. The molecule has 0 unspecified atom stereocenters. The van der Waals surface area contributed by atoms with Gasteiger partial charge in [-0.15, -0.1) is 0 Å². The van der Waals surface area contributed by atoms with Gasteiger partial charge in [-0.1, -0.05) is 200 Å². The van der Waals surface area contributed by atoms with Crippen LogP contribution in [0.1, 0.15) is 61.6 Å².